The number of carbonyl (C=O) groups is 3. The van der Waals surface area contributed by atoms with Crippen molar-refractivity contribution in [1.82, 2.24) is 14.9 Å². The summed E-state index contributed by atoms with van der Waals surface area (Å²) in [4.78, 5) is 36.4. The topological polar surface area (TPSA) is 140 Å². The zero-order valence-electron chi connectivity index (χ0n) is 18.5. The smallest absolute Gasteiger partial charge is 0.337 e. The van der Waals surface area contributed by atoms with E-state index >= 15 is 0 Å². The standard InChI is InChI=1S/C21H27N3O8S/c1-3-31-20(26)17-12-22-21(27)23-18(17)13-32-19(25)14-8-10-24(11-9-14)33(28,29)16-6-4-15(30-2)5-7-16/h4-7,14H,3,8-13H2,1-2H3,(H2,22,23,27). The normalized spacial score (nSPS) is 17.7. The molecule has 1 aromatic rings. The Bertz CT molecular complexity index is 1030. The van der Waals surface area contributed by atoms with E-state index in [1.165, 1.54) is 23.5 Å². The van der Waals surface area contributed by atoms with Crippen LogP contribution in [0.3, 0.4) is 0 Å². The molecule has 180 valence electrons. The molecular weight excluding hydrogens is 454 g/mol. The summed E-state index contributed by atoms with van der Waals surface area (Å²) in [7, 11) is -2.18. The first-order chi connectivity index (χ1) is 15.8. The predicted molar refractivity (Wildman–Crippen MR) is 116 cm³/mol. The van der Waals surface area contributed by atoms with Crippen molar-refractivity contribution in [3.63, 3.8) is 0 Å². The molecule has 11 nitrogen and oxygen atoms in total. The number of benzene rings is 1. The number of carbonyl (C=O) groups excluding carboxylic acids is 3. The van der Waals surface area contributed by atoms with Gasteiger partial charge in [0, 0.05) is 13.1 Å². The van der Waals surface area contributed by atoms with E-state index in [0.717, 1.165) is 0 Å². The van der Waals surface area contributed by atoms with E-state index in [1.54, 1.807) is 19.1 Å². The van der Waals surface area contributed by atoms with Gasteiger partial charge in [0.25, 0.3) is 0 Å². The molecule has 0 aromatic heterocycles. The molecule has 2 heterocycles. The highest BCUT2D eigenvalue weighted by atomic mass is 32.2. The van der Waals surface area contributed by atoms with Gasteiger partial charge in [0.1, 0.15) is 12.4 Å². The van der Waals surface area contributed by atoms with Crippen LogP contribution in [-0.2, 0) is 29.1 Å². The Hall–Kier alpha value is -3.12. The van der Waals surface area contributed by atoms with Crippen LogP contribution in [0, 0.1) is 5.92 Å². The fraction of sp³-hybridized carbons (Fsp3) is 0.476. The lowest BCUT2D eigenvalue weighted by molar-refractivity contribution is -0.149. The molecule has 0 bridgehead atoms. The molecular formula is C21H27N3O8S. The summed E-state index contributed by atoms with van der Waals surface area (Å²) in [5, 5.41) is 4.94. The van der Waals surface area contributed by atoms with Gasteiger partial charge in [-0.3, -0.25) is 4.79 Å². The minimum Gasteiger partial charge on any atom is -0.497 e. The van der Waals surface area contributed by atoms with Gasteiger partial charge >= 0.3 is 18.0 Å². The summed E-state index contributed by atoms with van der Waals surface area (Å²) in [6.45, 7) is 1.86. The lowest BCUT2D eigenvalue weighted by Crippen LogP contribution is -2.45. The molecule has 2 aliphatic rings. The summed E-state index contributed by atoms with van der Waals surface area (Å²) in [5.74, 6) is -1.05. The molecule has 12 heteroatoms. The average molecular weight is 482 g/mol. The van der Waals surface area contributed by atoms with Gasteiger partial charge in [-0.15, -0.1) is 0 Å². The van der Waals surface area contributed by atoms with Crippen molar-refractivity contribution in [2.45, 2.75) is 24.7 Å². The largest absolute Gasteiger partial charge is 0.497 e. The third kappa shape index (κ3) is 5.82. The van der Waals surface area contributed by atoms with Crippen LogP contribution >= 0.6 is 0 Å². The third-order valence-corrected chi connectivity index (χ3v) is 7.33. The van der Waals surface area contributed by atoms with E-state index in [-0.39, 0.29) is 49.0 Å². The Balaban J connectivity index is 1.57. The maximum Gasteiger partial charge on any atom is 0.337 e. The number of amides is 2. The first kappa shape index (κ1) is 24.5. The van der Waals surface area contributed by atoms with Crippen molar-refractivity contribution in [1.29, 1.82) is 0 Å². The highest BCUT2D eigenvalue weighted by molar-refractivity contribution is 7.89. The van der Waals surface area contributed by atoms with Crippen molar-refractivity contribution in [3.05, 3.63) is 35.5 Å². The van der Waals surface area contributed by atoms with Gasteiger partial charge in [0.2, 0.25) is 10.0 Å². The number of nitrogens with one attached hydrogen (secondary N) is 2. The molecule has 2 amide bonds. The Labute approximate surface area is 192 Å². The molecule has 0 atom stereocenters. The molecule has 0 unspecified atom stereocenters. The Kier molecular flexibility index (Phi) is 7.92. The van der Waals surface area contributed by atoms with Crippen LogP contribution in [0.25, 0.3) is 0 Å². The lowest BCUT2D eigenvalue weighted by Gasteiger charge is -2.30. The summed E-state index contributed by atoms with van der Waals surface area (Å²) < 4.78 is 42.4. The van der Waals surface area contributed by atoms with Gasteiger partial charge < -0.3 is 24.8 Å². The van der Waals surface area contributed by atoms with Crippen LogP contribution in [0.2, 0.25) is 0 Å². The number of nitrogens with zero attached hydrogens (tertiary/aromatic N) is 1. The maximum absolute atomic E-state index is 12.9. The second-order valence-electron chi connectivity index (χ2n) is 7.45. The maximum atomic E-state index is 12.9. The number of hydrogen-bond acceptors (Lipinski definition) is 8. The highest BCUT2D eigenvalue weighted by Crippen LogP contribution is 2.26. The van der Waals surface area contributed by atoms with Gasteiger partial charge in [-0.25, -0.2) is 18.0 Å². The lowest BCUT2D eigenvalue weighted by atomic mass is 9.98. The number of sulfonamides is 1. The monoisotopic (exact) mass is 481 g/mol. The van der Waals surface area contributed by atoms with Gasteiger partial charge in [0.05, 0.1) is 42.3 Å². The third-order valence-electron chi connectivity index (χ3n) is 5.42. The Morgan fingerprint density at radius 3 is 2.39 bits per heavy atom. The first-order valence-electron chi connectivity index (χ1n) is 10.5. The summed E-state index contributed by atoms with van der Waals surface area (Å²) in [5.41, 5.74) is 0.356. The van der Waals surface area contributed by atoms with Crippen molar-refractivity contribution in [2.75, 3.05) is 40.0 Å². The zero-order chi connectivity index (χ0) is 24.0. The van der Waals surface area contributed by atoms with Gasteiger partial charge in [0.15, 0.2) is 0 Å². The molecule has 1 saturated heterocycles. The fourth-order valence-corrected chi connectivity index (χ4v) is 5.03. The molecule has 1 aromatic carbocycles. The van der Waals surface area contributed by atoms with Crippen molar-refractivity contribution >= 4 is 28.0 Å². The molecule has 0 saturated carbocycles. The second kappa shape index (κ2) is 10.7. The summed E-state index contributed by atoms with van der Waals surface area (Å²) in [6, 6.07) is 5.62. The predicted octanol–water partition coefficient (Wildman–Crippen LogP) is 0.769. The average Bonchev–Trinajstić information content (AvgIpc) is 2.82. The SMILES string of the molecule is CCOC(=O)C1=C(COC(=O)C2CCN(S(=O)(=O)c3ccc(OC)cc3)CC2)NC(=O)NC1. The molecule has 33 heavy (non-hydrogen) atoms. The first-order valence-corrected chi connectivity index (χ1v) is 11.9. The number of ether oxygens (including phenoxy) is 3. The molecule has 0 aliphatic carbocycles. The number of methoxy groups -OCH3 is 1. The van der Waals surface area contributed by atoms with E-state index in [9.17, 15) is 22.8 Å². The molecule has 2 aliphatic heterocycles. The van der Waals surface area contributed by atoms with Gasteiger partial charge in [-0.1, -0.05) is 0 Å². The van der Waals surface area contributed by atoms with E-state index in [4.69, 9.17) is 14.2 Å². The van der Waals surface area contributed by atoms with E-state index < -0.39 is 33.9 Å². The number of piperidine rings is 1. The quantitative estimate of drug-likeness (QED) is 0.519. The van der Waals surface area contributed by atoms with Crippen molar-refractivity contribution < 1.29 is 37.0 Å². The minimum atomic E-state index is -3.68. The van der Waals surface area contributed by atoms with Crippen LogP contribution in [0.4, 0.5) is 4.79 Å². The van der Waals surface area contributed by atoms with Crippen LogP contribution in [0.15, 0.2) is 40.4 Å². The van der Waals surface area contributed by atoms with Gasteiger partial charge in [-0.2, -0.15) is 4.31 Å². The van der Waals surface area contributed by atoms with E-state index in [0.29, 0.717) is 18.6 Å². The molecule has 0 radical (unpaired) electrons. The van der Waals surface area contributed by atoms with Crippen LogP contribution < -0.4 is 15.4 Å². The molecule has 1 fully saturated rings. The number of rotatable bonds is 8. The van der Waals surface area contributed by atoms with Crippen LogP contribution in [-0.4, -0.2) is 70.7 Å². The zero-order valence-corrected chi connectivity index (χ0v) is 19.3. The molecule has 0 spiro atoms. The number of hydrogen-bond donors (Lipinski definition) is 2. The van der Waals surface area contributed by atoms with Crippen LogP contribution in [0.1, 0.15) is 19.8 Å². The fourth-order valence-electron chi connectivity index (χ4n) is 3.56. The highest BCUT2D eigenvalue weighted by Gasteiger charge is 2.33. The number of esters is 2. The summed E-state index contributed by atoms with van der Waals surface area (Å²) in [6.07, 6.45) is 0.595. The molecule has 3 rings (SSSR count). The second-order valence-corrected chi connectivity index (χ2v) is 9.38. The summed E-state index contributed by atoms with van der Waals surface area (Å²) >= 11 is 0. The van der Waals surface area contributed by atoms with Crippen molar-refractivity contribution in [2.24, 2.45) is 5.92 Å². The minimum absolute atomic E-state index is 0.0286. The van der Waals surface area contributed by atoms with E-state index in [2.05, 4.69) is 10.6 Å². The Morgan fingerprint density at radius 1 is 1.12 bits per heavy atom. The van der Waals surface area contributed by atoms with Gasteiger partial charge in [-0.05, 0) is 44.0 Å². The van der Waals surface area contributed by atoms with E-state index in [1.807, 2.05) is 0 Å². The Morgan fingerprint density at radius 2 is 1.79 bits per heavy atom. The number of urea groups is 1. The molecule has 2 N–H and O–H groups in total. The van der Waals surface area contributed by atoms with Crippen LogP contribution in [0.5, 0.6) is 5.75 Å². The van der Waals surface area contributed by atoms with Crippen molar-refractivity contribution in [3.8, 4) is 5.75 Å².